The predicted octanol–water partition coefficient (Wildman–Crippen LogP) is 3.92. The highest BCUT2D eigenvalue weighted by atomic mass is 32.1. The summed E-state index contributed by atoms with van der Waals surface area (Å²) in [5, 5.41) is 6.39. The van der Waals surface area contributed by atoms with Gasteiger partial charge in [0.1, 0.15) is 18.2 Å². The molecule has 2 rings (SSSR count). The molecule has 1 heterocycles. The van der Waals surface area contributed by atoms with Gasteiger partial charge in [0.05, 0.1) is 10.7 Å². The molecule has 0 bridgehead atoms. The molecule has 1 aromatic carbocycles. The van der Waals surface area contributed by atoms with Crippen molar-refractivity contribution in [1.29, 1.82) is 0 Å². The van der Waals surface area contributed by atoms with Gasteiger partial charge in [0.15, 0.2) is 0 Å². The second kappa shape index (κ2) is 7.52. The first-order valence-corrected chi connectivity index (χ1v) is 8.04. The van der Waals surface area contributed by atoms with Gasteiger partial charge in [-0.1, -0.05) is 20.8 Å². The van der Waals surface area contributed by atoms with Crippen LogP contribution >= 0.6 is 11.3 Å². The molecule has 0 saturated carbocycles. The Hall–Kier alpha value is -1.46. The van der Waals surface area contributed by atoms with Gasteiger partial charge in [-0.25, -0.2) is 9.37 Å². The smallest absolute Gasteiger partial charge is 0.131 e. The topological polar surface area (TPSA) is 34.1 Å². The quantitative estimate of drug-likeness (QED) is 0.842. The predicted molar refractivity (Wildman–Crippen MR) is 84.2 cm³/mol. The van der Waals surface area contributed by atoms with Gasteiger partial charge in [-0.2, -0.15) is 0 Å². The summed E-state index contributed by atoms with van der Waals surface area (Å²) in [5.41, 5.74) is 1.75. The number of aromatic nitrogens is 1. The first-order chi connectivity index (χ1) is 10.1. The Bertz CT molecular complexity index is 583. The number of halogens is 1. The minimum atomic E-state index is -0.246. The lowest BCUT2D eigenvalue weighted by atomic mass is 10.2. The number of hydrogen-bond donors (Lipinski definition) is 1. The van der Waals surface area contributed by atoms with Gasteiger partial charge in [-0.15, -0.1) is 11.3 Å². The maximum absolute atomic E-state index is 13.4. The number of nitrogens with zero attached hydrogens (tertiary/aromatic N) is 1. The third-order valence-electron chi connectivity index (χ3n) is 3.00. The fraction of sp³-hybridized carbons (Fsp3) is 0.438. The minimum absolute atomic E-state index is 0.246. The summed E-state index contributed by atoms with van der Waals surface area (Å²) >= 11 is 1.64. The Morgan fingerprint density at radius 2 is 2.19 bits per heavy atom. The van der Waals surface area contributed by atoms with Crippen LogP contribution in [0.25, 0.3) is 0 Å². The van der Waals surface area contributed by atoms with Crippen molar-refractivity contribution in [2.24, 2.45) is 0 Å². The van der Waals surface area contributed by atoms with Crippen molar-refractivity contribution in [2.45, 2.75) is 46.4 Å². The van der Waals surface area contributed by atoms with E-state index in [0.29, 0.717) is 24.9 Å². The molecular weight excluding hydrogens is 287 g/mol. The highest BCUT2D eigenvalue weighted by Gasteiger charge is 2.08. The Kier molecular flexibility index (Phi) is 5.70. The average molecular weight is 308 g/mol. The molecule has 114 valence electrons. The lowest BCUT2D eigenvalue weighted by Gasteiger charge is -2.13. The van der Waals surface area contributed by atoms with Crippen LogP contribution in [-0.2, 0) is 19.6 Å². The highest BCUT2D eigenvalue weighted by molar-refractivity contribution is 7.09. The van der Waals surface area contributed by atoms with Crippen LogP contribution in [0.15, 0.2) is 23.6 Å². The molecule has 0 aliphatic rings. The van der Waals surface area contributed by atoms with Crippen LogP contribution in [0.4, 0.5) is 4.39 Å². The van der Waals surface area contributed by atoms with E-state index in [0.717, 1.165) is 22.7 Å². The van der Waals surface area contributed by atoms with Gasteiger partial charge in [0.25, 0.3) is 0 Å². The molecule has 0 aliphatic heterocycles. The standard InChI is InChI=1S/C16H21FN2OS/c1-4-16-19-14(10-21-16)9-20-15-6-5-13(17)7-12(15)8-18-11(2)3/h5-7,10-11,18H,4,8-9H2,1-3H3. The van der Waals surface area contributed by atoms with Gasteiger partial charge >= 0.3 is 0 Å². The van der Waals surface area contributed by atoms with Crippen molar-refractivity contribution < 1.29 is 9.13 Å². The van der Waals surface area contributed by atoms with Crippen molar-refractivity contribution in [2.75, 3.05) is 0 Å². The largest absolute Gasteiger partial charge is 0.487 e. The fourth-order valence-electron chi connectivity index (χ4n) is 1.87. The molecule has 0 unspecified atom stereocenters. The zero-order chi connectivity index (χ0) is 15.2. The Morgan fingerprint density at radius 3 is 2.86 bits per heavy atom. The molecule has 0 spiro atoms. The monoisotopic (exact) mass is 308 g/mol. The molecule has 0 atom stereocenters. The molecule has 0 radical (unpaired) electrons. The Labute approximate surface area is 129 Å². The molecule has 21 heavy (non-hydrogen) atoms. The molecule has 1 N–H and O–H groups in total. The van der Waals surface area contributed by atoms with Crippen molar-refractivity contribution in [3.05, 3.63) is 45.7 Å². The number of thiazole rings is 1. The van der Waals surface area contributed by atoms with Gasteiger partial charge < -0.3 is 10.1 Å². The van der Waals surface area contributed by atoms with Gasteiger partial charge in [0.2, 0.25) is 0 Å². The van der Waals surface area contributed by atoms with Gasteiger partial charge in [-0.3, -0.25) is 0 Å². The summed E-state index contributed by atoms with van der Waals surface area (Å²) in [6.07, 6.45) is 0.935. The SMILES string of the molecule is CCc1nc(COc2ccc(F)cc2CNC(C)C)cs1. The van der Waals surface area contributed by atoms with E-state index in [-0.39, 0.29) is 5.82 Å². The van der Waals surface area contributed by atoms with Crippen molar-refractivity contribution in [3.8, 4) is 5.75 Å². The minimum Gasteiger partial charge on any atom is -0.487 e. The van der Waals surface area contributed by atoms with Crippen LogP contribution in [0, 0.1) is 5.82 Å². The zero-order valence-electron chi connectivity index (χ0n) is 12.6. The van der Waals surface area contributed by atoms with E-state index in [1.165, 1.54) is 12.1 Å². The number of ether oxygens (including phenoxy) is 1. The van der Waals surface area contributed by atoms with Crippen LogP contribution in [0.5, 0.6) is 5.75 Å². The maximum atomic E-state index is 13.4. The summed E-state index contributed by atoms with van der Waals surface area (Å²) < 4.78 is 19.2. The summed E-state index contributed by atoms with van der Waals surface area (Å²) in [4.78, 5) is 4.47. The third kappa shape index (κ3) is 4.79. The van der Waals surface area contributed by atoms with Crippen LogP contribution in [0.2, 0.25) is 0 Å². The highest BCUT2D eigenvalue weighted by Crippen LogP contribution is 2.21. The summed E-state index contributed by atoms with van der Waals surface area (Å²) in [7, 11) is 0. The van der Waals surface area contributed by atoms with E-state index in [2.05, 4.69) is 31.1 Å². The molecule has 0 amide bonds. The summed E-state index contributed by atoms with van der Waals surface area (Å²) in [6.45, 7) is 7.20. The third-order valence-corrected chi connectivity index (χ3v) is 4.04. The van der Waals surface area contributed by atoms with Crippen LogP contribution in [-0.4, -0.2) is 11.0 Å². The Morgan fingerprint density at radius 1 is 1.38 bits per heavy atom. The average Bonchev–Trinajstić information content (AvgIpc) is 2.92. The van der Waals surface area contributed by atoms with E-state index in [4.69, 9.17) is 4.74 Å². The Balaban J connectivity index is 2.04. The number of nitrogens with one attached hydrogen (secondary N) is 1. The summed E-state index contributed by atoms with van der Waals surface area (Å²) in [5.74, 6) is 0.459. The first-order valence-electron chi connectivity index (χ1n) is 7.16. The molecule has 5 heteroatoms. The van der Waals surface area contributed by atoms with Crippen molar-refractivity contribution in [1.82, 2.24) is 10.3 Å². The second-order valence-corrected chi connectivity index (χ2v) is 6.11. The van der Waals surface area contributed by atoms with Crippen LogP contribution in [0.3, 0.4) is 0 Å². The van der Waals surface area contributed by atoms with Crippen LogP contribution < -0.4 is 10.1 Å². The second-order valence-electron chi connectivity index (χ2n) is 5.16. The van der Waals surface area contributed by atoms with E-state index < -0.39 is 0 Å². The lowest BCUT2D eigenvalue weighted by molar-refractivity contribution is 0.297. The molecular formula is C16H21FN2OS. The lowest BCUT2D eigenvalue weighted by Crippen LogP contribution is -2.22. The first kappa shape index (κ1) is 15.9. The van der Waals surface area contributed by atoms with Crippen molar-refractivity contribution >= 4 is 11.3 Å². The fourth-order valence-corrected chi connectivity index (χ4v) is 2.60. The maximum Gasteiger partial charge on any atom is 0.131 e. The number of rotatable bonds is 7. The van der Waals surface area contributed by atoms with Crippen LogP contribution in [0.1, 0.15) is 37.0 Å². The van der Waals surface area contributed by atoms with E-state index in [1.54, 1.807) is 17.4 Å². The van der Waals surface area contributed by atoms with E-state index in [9.17, 15) is 4.39 Å². The molecule has 0 aliphatic carbocycles. The number of benzene rings is 1. The van der Waals surface area contributed by atoms with E-state index in [1.807, 2.05) is 5.38 Å². The molecule has 0 fully saturated rings. The summed E-state index contributed by atoms with van der Waals surface area (Å²) in [6, 6.07) is 4.96. The number of hydrogen-bond acceptors (Lipinski definition) is 4. The normalized spacial score (nSPS) is 11.1. The molecule has 0 saturated heterocycles. The molecule has 2 aromatic rings. The zero-order valence-corrected chi connectivity index (χ0v) is 13.5. The number of aryl methyl sites for hydroxylation is 1. The molecule has 3 nitrogen and oxygen atoms in total. The van der Waals surface area contributed by atoms with Gasteiger partial charge in [0, 0.05) is 23.5 Å². The van der Waals surface area contributed by atoms with Crippen molar-refractivity contribution in [3.63, 3.8) is 0 Å². The van der Waals surface area contributed by atoms with Gasteiger partial charge in [-0.05, 0) is 24.6 Å². The van der Waals surface area contributed by atoms with E-state index >= 15 is 0 Å². The molecule has 1 aromatic heterocycles.